The third-order valence-electron chi connectivity index (χ3n) is 3.12. The first kappa shape index (κ1) is 14.1. The fourth-order valence-electron chi connectivity index (χ4n) is 2.04. The van der Waals surface area contributed by atoms with Gasteiger partial charge in [0.1, 0.15) is 7.14 Å². The van der Waals surface area contributed by atoms with Crippen molar-refractivity contribution in [2.75, 3.05) is 33.1 Å². The van der Waals surface area contributed by atoms with E-state index in [-0.39, 0.29) is 6.04 Å². The van der Waals surface area contributed by atoms with Crippen LogP contribution in [0.3, 0.4) is 0 Å². The fourth-order valence-corrected chi connectivity index (χ4v) is 3.31. The van der Waals surface area contributed by atoms with Crippen molar-refractivity contribution in [1.82, 2.24) is 5.32 Å². The van der Waals surface area contributed by atoms with Gasteiger partial charge in [0, 0.05) is 16.9 Å². The maximum atomic E-state index is 12.0. The van der Waals surface area contributed by atoms with Crippen LogP contribution in [0.4, 0.5) is 0 Å². The van der Waals surface area contributed by atoms with E-state index in [1.54, 1.807) is 13.3 Å². The van der Waals surface area contributed by atoms with Crippen LogP contribution in [0.5, 0.6) is 0 Å². The standard InChI is InChI=1S/C13H19ClNO2P/c1-18(2,16)10-4-5-11(12(14)8-10)13-9-17-7-3-6-15-13/h4-5,8,13,15H,3,6-7,9H2,1-2H3/t13-/m0/s1. The molecule has 0 spiro atoms. The van der Waals surface area contributed by atoms with Crippen molar-refractivity contribution in [1.29, 1.82) is 0 Å². The van der Waals surface area contributed by atoms with Gasteiger partial charge < -0.3 is 14.6 Å². The molecule has 2 rings (SSSR count). The Balaban J connectivity index is 2.26. The number of ether oxygens (including phenoxy) is 1. The van der Waals surface area contributed by atoms with Crippen LogP contribution in [0.25, 0.3) is 0 Å². The summed E-state index contributed by atoms with van der Waals surface area (Å²) in [5.41, 5.74) is 1.02. The summed E-state index contributed by atoms with van der Waals surface area (Å²) in [5.74, 6) is 0. The van der Waals surface area contributed by atoms with Crippen LogP contribution < -0.4 is 10.6 Å². The first-order chi connectivity index (χ1) is 8.48. The van der Waals surface area contributed by atoms with Crippen LogP contribution in [0.15, 0.2) is 18.2 Å². The molecule has 1 aromatic carbocycles. The summed E-state index contributed by atoms with van der Waals surface area (Å²) in [6.45, 7) is 5.87. The van der Waals surface area contributed by atoms with Crippen LogP contribution >= 0.6 is 18.7 Å². The van der Waals surface area contributed by atoms with Crippen molar-refractivity contribution < 1.29 is 9.30 Å². The topological polar surface area (TPSA) is 38.3 Å². The monoisotopic (exact) mass is 287 g/mol. The molecule has 1 aliphatic heterocycles. The number of rotatable bonds is 2. The van der Waals surface area contributed by atoms with E-state index in [4.69, 9.17) is 16.3 Å². The summed E-state index contributed by atoms with van der Waals surface area (Å²) >= 11 is 6.31. The minimum absolute atomic E-state index is 0.127. The van der Waals surface area contributed by atoms with E-state index < -0.39 is 7.14 Å². The van der Waals surface area contributed by atoms with Crippen LogP contribution in [0, 0.1) is 0 Å². The lowest BCUT2D eigenvalue weighted by Crippen LogP contribution is -2.24. The molecule has 1 aromatic rings. The third kappa shape index (κ3) is 3.36. The molecule has 0 saturated carbocycles. The molecule has 3 nitrogen and oxygen atoms in total. The Morgan fingerprint density at radius 2 is 2.22 bits per heavy atom. The Kier molecular flexibility index (Phi) is 4.50. The highest BCUT2D eigenvalue weighted by Gasteiger charge is 2.19. The molecule has 5 heteroatoms. The molecule has 0 radical (unpaired) electrons. The molecule has 0 aromatic heterocycles. The maximum absolute atomic E-state index is 12.0. The van der Waals surface area contributed by atoms with Gasteiger partial charge in [-0.05, 0) is 37.9 Å². The summed E-state index contributed by atoms with van der Waals surface area (Å²) in [4.78, 5) is 0. The van der Waals surface area contributed by atoms with Crippen molar-refractivity contribution in [3.8, 4) is 0 Å². The number of benzene rings is 1. The van der Waals surface area contributed by atoms with Gasteiger partial charge in [0.2, 0.25) is 0 Å². The molecule has 0 aliphatic carbocycles. The molecule has 1 heterocycles. The molecule has 1 atom stereocenters. The lowest BCUT2D eigenvalue weighted by Gasteiger charge is -2.18. The second-order valence-corrected chi connectivity index (χ2v) is 8.62. The molecular formula is C13H19ClNO2P. The lowest BCUT2D eigenvalue weighted by atomic mass is 10.1. The molecule has 0 bridgehead atoms. The van der Waals surface area contributed by atoms with Crippen molar-refractivity contribution in [2.24, 2.45) is 0 Å². The molecule has 0 amide bonds. The zero-order chi connectivity index (χ0) is 13.2. The normalized spacial score (nSPS) is 21.6. The van der Waals surface area contributed by atoms with Crippen molar-refractivity contribution in [3.63, 3.8) is 0 Å². The Morgan fingerprint density at radius 1 is 1.44 bits per heavy atom. The van der Waals surface area contributed by atoms with Gasteiger partial charge in [0.15, 0.2) is 0 Å². The number of hydrogen-bond donors (Lipinski definition) is 1. The van der Waals surface area contributed by atoms with Crippen LogP contribution in [0.1, 0.15) is 18.0 Å². The van der Waals surface area contributed by atoms with Gasteiger partial charge in [0.25, 0.3) is 0 Å². The summed E-state index contributed by atoms with van der Waals surface area (Å²) < 4.78 is 17.6. The summed E-state index contributed by atoms with van der Waals surface area (Å²) in [6, 6.07) is 5.82. The number of hydrogen-bond acceptors (Lipinski definition) is 3. The van der Waals surface area contributed by atoms with Crippen LogP contribution in [-0.2, 0) is 9.30 Å². The maximum Gasteiger partial charge on any atom is 0.109 e. The van der Waals surface area contributed by atoms with Gasteiger partial charge >= 0.3 is 0 Å². The van der Waals surface area contributed by atoms with E-state index in [0.29, 0.717) is 11.6 Å². The zero-order valence-corrected chi connectivity index (χ0v) is 12.4. The molecule has 0 unspecified atom stereocenters. The van der Waals surface area contributed by atoms with Crippen LogP contribution in [0.2, 0.25) is 5.02 Å². The first-order valence-corrected chi connectivity index (χ1v) is 9.12. The second-order valence-electron chi connectivity index (χ2n) is 4.99. The molecule has 1 fully saturated rings. The van der Waals surface area contributed by atoms with Gasteiger partial charge in [-0.2, -0.15) is 0 Å². The molecular weight excluding hydrogens is 269 g/mol. The average molecular weight is 288 g/mol. The summed E-state index contributed by atoms with van der Waals surface area (Å²) in [7, 11) is -2.25. The van der Waals surface area contributed by atoms with E-state index in [1.165, 1.54) is 0 Å². The smallest absolute Gasteiger partial charge is 0.109 e. The Bertz CT molecular complexity index is 464. The molecule has 1 aliphatic rings. The number of halogens is 1. The molecule has 100 valence electrons. The Morgan fingerprint density at radius 3 is 2.89 bits per heavy atom. The van der Waals surface area contributed by atoms with Gasteiger partial charge in [-0.15, -0.1) is 0 Å². The van der Waals surface area contributed by atoms with Crippen molar-refractivity contribution in [3.05, 3.63) is 28.8 Å². The predicted octanol–water partition coefficient (Wildman–Crippen LogP) is 2.64. The minimum Gasteiger partial charge on any atom is -0.379 e. The van der Waals surface area contributed by atoms with Crippen molar-refractivity contribution in [2.45, 2.75) is 12.5 Å². The summed E-state index contributed by atoms with van der Waals surface area (Å²) in [5, 5.41) is 4.91. The molecule has 1 N–H and O–H groups in total. The highest BCUT2D eigenvalue weighted by molar-refractivity contribution is 7.70. The highest BCUT2D eigenvalue weighted by Crippen LogP contribution is 2.36. The zero-order valence-electron chi connectivity index (χ0n) is 10.8. The van der Waals surface area contributed by atoms with E-state index in [2.05, 4.69) is 5.32 Å². The van der Waals surface area contributed by atoms with Gasteiger partial charge in [-0.3, -0.25) is 0 Å². The van der Waals surface area contributed by atoms with E-state index in [9.17, 15) is 4.57 Å². The Labute approximate surface area is 113 Å². The van der Waals surface area contributed by atoms with E-state index >= 15 is 0 Å². The molecule has 1 saturated heterocycles. The van der Waals surface area contributed by atoms with E-state index in [0.717, 1.165) is 30.4 Å². The highest BCUT2D eigenvalue weighted by atomic mass is 35.5. The summed E-state index contributed by atoms with van der Waals surface area (Å²) in [6.07, 6.45) is 1.02. The van der Waals surface area contributed by atoms with Crippen molar-refractivity contribution >= 4 is 24.0 Å². The first-order valence-electron chi connectivity index (χ1n) is 6.14. The van der Waals surface area contributed by atoms with E-state index in [1.807, 2.05) is 18.2 Å². The van der Waals surface area contributed by atoms with Gasteiger partial charge in [-0.25, -0.2) is 0 Å². The molecule has 18 heavy (non-hydrogen) atoms. The van der Waals surface area contributed by atoms with Gasteiger partial charge in [-0.1, -0.05) is 23.7 Å². The number of nitrogens with one attached hydrogen (secondary N) is 1. The fraction of sp³-hybridized carbons (Fsp3) is 0.538. The second kappa shape index (κ2) is 5.75. The lowest BCUT2D eigenvalue weighted by molar-refractivity contribution is 0.131. The Hall–Kier alpha value is -0.340. The van der Waals surface area contributed by atoms with Gasteiger partial charge in [0.05, 0.1) is 12.6 Å². The predicted molar refractivity (Wildman–Crippen MR) is 76.7 cm³/mol. The SMILES string of the molecule is CP(C)(=O)c1ccc([C@@H]2COCCCN2)c(Cl)c1. The van der Waals surface area contributed by atoms with Crippen LogP contribution in [-0.4, -0.2) is 33.1 Å². The average Bonchev–Trinajstić information content (AvgIpc) is 2.56. The quantitative estimate of drug-likeness (QED) is 0.850. The largest absolute Gasteiger partial charge is 0.379 e. The minimum atomic E-state index is -2.25. The third-order valence-corrected chi connectivity index (χ3v) is 4.97.